The van der Waals surface area contributed by atoms with E-state index in [0.717, 1.165) is 17.5 Å². The summed E-state index contributed by atoms with van der Waals surface area (Å²) in [5.41, 5.74) is 2.48. The predicted octanol–water partition coefficient (Wildman–Crippen LogP) is 5.36. The molecule has 3 rings (SSSR count). The second-order valence-electron chi connectivity index (χ2n) is 8.23. The van der Waals surface area contributed by atoms with Crippen molar-refractivity contribution in [2.45, 2.75) is 51.3 Å². The number of hydrogen-bond acceptors (Lipinski definition) is 2. The van der Waals surface area contributed by atoms with Gasteiger partial charge in [-0.15, -0.1) is 0 Å². The van der Waals surface area contributed by atoms with Crippen molar-refractivity contribution >= 4 is 15.7 Å². The maximum atomic E-state index is 13.8. The fourth-order valence-electron chi connectivity index (χ4n) is 3.87. The Morgan fingerprint density at radius 3 is 2.33 bits per heavy atom. The molecule has 0 amide bonds. The van der Waals surface area contributed by atoms with E-state index in [-0.39, 0.29) is 16.6 Å². The molecular weight excluding hydrogens is 361 g/mol. The average molecular weight is 390 g/mol. The zero-order valence-electron chi connectivity index (χ0n) is 16.4. The molecule has 1 atom stereocenters. The highest BCUT2D eigenvalue weighted by Crippen LogP contribution is 2.36. The number of nitrogens with zero attached hydrogens (tertiary/aromatic N) is 1. The Bertz CT molecular complexity index is 904. The van der Waals surface area contributed by atoms with Crippen LogP contribution in [0.3, 0.4) is 0 Å². The molecule has 0 aliphatic carbocycles. The molecule has 1 heterocycles. The molecule has 5 heteroatoms. The molecule has 0 N–H and O–H groups in total. The van der Waals surface area contributed by atoms with Crippen molar-refractivity contribution in [1.82, 2.24) is 0 Å². The van der Waals surface area contributed by atoms with E-state index in [1.165, 1.54) is 16.4 Å². The Morgan fingerprint density at radius 2 is 1.74 bits per heavy atom. The molecule has 146 valence electrons. The summed E-state index contributed by atoms with van der Waals surface area (Å²) in [7, 11) is -3.69. The largest absolute Gasteiger partial charge is 0.266 e. The summed E-state index contributed by atoms with van der Waals surface area (Å²) in [5, 5.41) is 0. The van der Waals surface area contributed by atoms with Crippen molar-refractivity contribution in [3.8, 4) is 0 Å². The summed E-state index contributed by atoms with van der Waals surface area (Å²) >= 11 is 0. The molecule has 0 fully saturated rings. The van der Waals surface area contributed by atoms with Gasteiger partial charge in [-0.1, -0.05) is 39.8 Å². The van der Waals surface area contributed by atoms with Gasteiger partial charge in [0.05, 0.1) is 10.6 Å². The molecular formula is C22H28FNO2S. The van der Waals surface area contributed by atoms with Crippen LogP contribution in [0.15, 0.2) is 47.4 Å². The molecule has 0 spiro atoms. The number of fused-ring (bicyclic) bond motifs is 1. The molecule has 1 aliphatic heterocycles. The Morgan fingerprint density at radius 1 is 1.07 bits per heavy atom. The lowest BCUT2D eigenvalue weighted by atomic mass is 9.87. The standard InChI is InChI=1S/C22H28FNO2S/c1-15(2)11-17-12-19-13-20(23)7-10-22(19)24(14-17)27(25,26)21-8-5-18(6-9-21)16(3)4/h5-10,13,15-17H,11-12,14H2,1-4H3. The van der Waals surface area contributed by atoms with Crippen molar-refractivity contribution in [3.05, 3.63) is 59.4 Å². The van der Waals surface area contributed by atoms with Crippen molar-refractivity contribution in [1.29, 1.82) is 0 Å². The van der Waals surface area contributed by atoms with E-state index in [0.29, 0.717) is 30.5 Å². The molecule has 2 aromatic carbocycles. The van der Waals surface area contributed by atoms with Crippen molar-refractivity contribution in [2.75, 3.05) is 10.8 Å². The number of hydrogen-bond donors (Lipinski definition) is 0. The minimum Gasteiger partial charge on any atom is -0.266 e. The number of anilines is 1. The van der Waals surface area contributed by atoms with Crippen LogP contribution in [-0.4, -0.2) is 15.0 Å². The molecule has 0 radical (unpaired) electrons. The first-order valence-electron chi connectivity index (χ1n) is 9.59. The summed E-state index contributed by atoms with van der Waals surface area (Å²) in [6.45, 7) is 8.85. The van der Waals surface area contributed by atoms with Gasteiger partial charge in [-0.05, 0) is 72.1 Å². The van der Waals surface area contributed by atoms with Crippen LogP contribution in [0.4, 0.5) is 10.1 Å². The summed E-state index contributed by atoms with van der Waals surface area (Å²) in [6.07, 6.45) is 1.62. The van der Waals surface area contributed by atoms with E-state index >= 15 is 0 Å². The number of halogens is 1. The van der Waals surface area contributed by atoms with Gasteiger partial charge in [-0.2, -0.15) is 0 Å². The van der Waals surface area contributed by atoms with Gasteiger partial charge in [0.15, 0.2) is 0 Å². The second-order valence-corrected chi connectivity index (χ2v) is 10.1. The van der Waals surface area contributed by atoms with Gasteiger partial charge in [0.25, 0.3) is 10.0 Å². The van der Waals surface area contributed by atoms with Crippen molar-refractivity contribution < 1.29 is 12.8 Å². The first kappa shape index (κ1) is 19.9. The van der Waals surface area contributed by atoms with E-state index in [9.17, 15) is 12.8 Å². The molecule has 0 bridgehead atoms. The quantitative estimate of drug-likeness (QED) is 0.690. The summed E-state index contributed by atoms with van der Waals surface area (Å²) < 4.78 is 42.0. The fraction of sp³-hybridized carbons (Fsp3) is 0.455. The van der Waals surface area contributed by atoms with E-state index in [2.05, 4.69) is 27.7 Å². The van der Waals surface area contributed by atoms with Gasteiger partial charge in [-0.25, -0.2) is 12.8 Å². The fourth-order valence-corrected chi connectivity index (χ4v) is 5.45. The third-order valence-corrected chi connectivity index (χ3v) is 6.98. The normalized spacial score (nSPS) is 17.4. The summed E-state index contributed by atoms with van der Waals surface area (Å²) in [5.74, 6) is 0.664. The smallest absolute Gasteiger partial charge is 0.264 e. The SMILES string of the molecule is CC(C)CC1Cc2cc(F)ccc2N(S(=O)(=O)c2ccc(C(C)C)cc2)C1. The predicted molar refractivity (Wildman–Crippen MR) is 108 cm³/mol. The van der Waals surface area contributed by atoms with Gasteiger partial charge in [-0.3, -0.25) is 4.31 Å². The number of sulfonamides is 1. The molecule has 0 saturated carbocycles. The van der Waals surface area contributed by atoms with Crippen LogP contribution in [0, 0.1) is 17.7 Å². The zero-order chi connectivity index (χ0) is 19.8. The topological polar surface area (TPSA) is 37.4 Å². The third-order valence-electron chi connectivity index (χ3n) is 5.18. The van der Waals surface area contributed by atoms with Crippen molar-refractivity contribution in [2.24, 2.45) is 11.8 Å². The van der Waals surface area contributed by atoms with Gasteiger partial charge < -0.3 is 0 Å². The first-order valence-corrected chi connectivity index (χ1v) is 11.0. The van der Waals surface area contributed by atoms with Gasteiger partial charge >= 0.3 is 0 Å². The maximum Gasteiger partial charge on any atom is 0.264 e. The molecule has 0 saturated heterocycles. The van der Waals surface area contributed by atoms with Gasteiger partial charge in [0.2, 0.25) is 0 Å². The van der Waals surface area contributed by atoms with Crippen LogP contribution in [0.25, 0.3) is 0 Å². The lowest BCUT2D eigenvalue weighted by Gasteiger charge is -2.36. The molecule has 1 aliphatic rings. The minimum atomic E-state index is -3.69. The third kappa shape index (κ3) is 4.18. The Kier molecular flexibility index (Phi) is 5.61. The molecule has 3 nitrogen and oxygen atoms in total. The van der Waals surface area contributed by atoms with Crippen LogP contribution in [0.5, 0.6) is 0 Å². The molecule has 27 heavy (non-hydrogen) atoms. The highest BCUT2D eigenvalue weighted by atomic mass is 32.2. The Balaban J connectivity index is 2.02. The van der Waals surface area contributed by atoms with Gasteiger partial charge in [0.1, 0.15) is 5.82 Å². The van der Waals surface area contributed by atoms with Gasteiger partial charge in [0, 0.05) is 6.54 Å². The van der Waals surface area contributed by atoms with E-state index in [1.54, 1.807) is 18.2 Å². The maximum absolute atomic E-state index is 13.8. The Labute approximate surface area is 162 Å². The lowest BCUT2D eigenvalue weighted by Crippen LogP contribution is -2.40. The lowest BCUT2D eigenvalue weighted by molar-refractivity contribution is 0.404. The van der Waals surface area contributed by atoms with Crippen LogP contribution >= 0.6 is 0 Å². The van der Waals surface area contributed by atoms with E-state index in [4.69, 9.17) is 0 Å². The summed E-state index contributed by atoms with van der Waals surface area (Å²) in [4.78, 5) is 0.285. The molecule has 1 unspecified atom stereocenters. The van der Waals surface area contributed by atoms with Crippen molar-refractivity contribution in [3.63, 3.8) is 0 Å². The zero-order valence-corrected chi connectivity index (χ0v) is 17.3. The highest BCUT2D eigenvalue weighted by molar-refractivity contribution is 7.92. The number of benzene rings is 2. The monoisotopic (exact) mass is 389 g/mol. The number of rotatable bonds is 5. The summed E-state index contributed by atoms with van der Waals surface area (Å²) in [6, 6.07) is 11.5. The van der Waals surface area contributed by atoms with E-state index in [1.807, 2.05) is 12.1 Å². The molecule has 0 aromatic heterocycles. The van der Waals surface area contributed by atoms with Crippen LogP contribution in [-0.2, 0) is 16.4 Å². The Hall–Kier alpha value is -1.88. The highest BCUT2D eigenvalue weighted by Gasteiger charge is 2.33. The van der Waals surface area contributed by atoms with Crippen LogP contribution < -0.4 is 4.31 Å². The first-order chi connectivity index (χ1) is 12.7. The molecule has 2 aromatic rings. The van der Waals surface area contributed by atoms with Crippen LogP contribution in [0.2, 0.25) is 0 Å². The average Bonchev–Trinajstić information content (AvgIpc) is 2.60. The van der Waals surface area contributed by atoms with Crippen LogP contribution in [0.1, 0.15) is 51.2 Å². The second kappa shape index (κ2) is 7.63. The minimum absolute atomic E-state index is 0.184. The van der Waals surface area contributed by atoms with E-state index < -0.39 is 10.0 Å².